The molecule has 0 atom stereocenters. The number of rotatable bonds is 5. The van der Waals surface area contributed by atoms with Gasteiger partial charge in [0.05, 0.1) is 0 Å². The lowest BCUT2D eigenvalue weighted by molar-refractivity contribution is 0.249. The summed E-state index contributed by atoms with van der Waals surface area (Å²) < 4.78 is 28.7. The normalized spacial score (nSPS) is 20.8. The third-order valence-electron chi connectivity index (χ3n) is 4.32. The van der Waals surface area contributed by atoms with Crippen LogP contribution in [0.5, 0.6) is 0 Å². The van der Waals surface area contributed by atoms with Crippen molar-refractivity contribution >= 4 is 10.0 Å². The van der Waals surface area contributed by atoms with E-state index < -0.39 is 10.0 Å². The number of hydrogen-bond donors (Lipinski definition) is 1. The molecule has 0 bridgehead atoms. The molecule has 19 heavy (non-hydrogen) atoms. The summed E-state index contributed by atoms with van der Waals surface area (Å²) in [5.74, 6) is 0. The maximum absolute atomic E-state index is 12.6. The fraction of sp³-hybridized carbons (Fsp3) is 0.692. The van der Waals surface area contributed by atoms with E-state index in [1.807, 2.05) is 4.57 Å². The van der Waals surface area contributed by atoms with Crippen LogP contribution in [0.25, 0.3) is 0 Å². The maximum atomic E-state index is 12.6. The summed E-state index contributed by atoms with van der Waals surface area (Å²) in [5, 5.41) is 0. The van der Waals surface area contributed by atoms with Gasteiger partial charge in [-0.25, -0.2) is 8.42 Å². The maximum Gasteiger partial charge on any atom is 0.244 e. The van der Waals surface area contributed by atoms with E-state index in [1.54, 1.807) is 19.3 Å². The zero-order valence-electron chi connectivity index (χ0n) is 11.2. The van der Waals surface area contributed by atoms with Gasteiger partial charge in [-0.1, -0.05) is 6.42 Å². The smallest absolute Gasteiger partial charge is 0.244 e. The molecule has 0 spiro atoms. The first-order chi connectivity index (χ1) is 9.04. The highest BCUT2D eigenvalue weighted by molar-refractivity contribution is 7.89. The minimum Gasteiger partial charge on any atom is -0.346 e. The third-order valence-corrected chi connectivity index (χ3v) is 6.20. The summed E-state index contributed by atoms with van der Waals surface area (Å²) in [6.45, 7) is 0.388. The summed E-state index contributed by atoms with van der Waals surface area (Å²) in [7, 11) is -1.67. The monoisotopic (exact) mass is 283 g/mol. The van der Waals surface area contributed by atoms with E-state index in [0.29, 0.717) is 17.5 Å². The summed E-state index contributed by atoms with van der Waals surface area (Å²) in [6.07, 6.45) is 7.09. The van der Waals surface area contributed by atoms with Crippen LogP contribution in [-0.4, -0.2) is 30.4 Å². The van der Waals surface area contributed by atoms with Crippen LogP contribution in [0.2, 0.25) is 0 Å². The van der Waals surface area contributed by atoms with Crippen molar-refractivity contribution in [2.75, 3.05) is 7.05 Å². The van der Waals surface area contributed by atoms with Gasteiger partial charge in [0.15, 0.2) is 0 Å². The third kappa shape index (κ3) is 2.22. The Hall–Kier alpha value is -0.850. The molecule has 5 nitrogen and oxygen atoms in total. The first-order valence-electron chi connectivity index (χ1n) is 6.93. The predicted molar refractivity (Wildman–Crippen MR) is 73.2 cm³/mol. The van der Waals surface area contributed by atoms with Crippen LogP contribution in [0, 0.1) is 0 Å². The summed E-state index contributed by atoms with van der Waals surface area (Å²) in [4.78, 5) is 0.397. The van der Waals surface area contributed by atoms with Gasteiger partial charge in [-0.15, -0.1) is 0 Å². The van der Waals surface area contributed by atoms with Gasteiger partial charge < -0.3 is 10.3 Å². The van der Waals surface area contributed by atoms with Crippen molar-refractivity contribution in [1.82, 2.24) is 8.87 Å². The van der Waals surface area contributed by atoms with Crippen LogP contribution in [0.1, 0.15) is 43.8 Å². The van der Waals surface area contributed by atoms with Gasteiger partial charge in [-0.05, 0) is 31.7 Å². The number of aromatic nitrogens is 1. The second-order valence-electron chi connectivity index (χ2n) is 5.62. The number of nitrogens with two attached hydrogens (primary N) is 1. The van der Waals surface area contributed by atoms with Gasteiger partial charge >= 0.3 is 0 Å². The lowest BCUT2D eigenvalue weighted by Gasteiger charge is -2.33. The molecule has 0 amide bonds. The molecule has 2 fully saturated rings. The minimum absolute atomic E-state index is 0.176. The van der Waals surface area contributed by atoms with Gasteiger partial charge in [0, 0.05) is 37.6 Å². The van der Waals surface area contributed by atoms with E-state index >= 15 is 0 Å². The molecule has 0 radical (unpaired) electrons. The Labute approximate surface area is 114 Å². The van der Waals surface area contributed by atoms with E-state index in [9.17, 15) is 8.42 Å². The number of nitrogens with zero attached hydrogens (tertiary/aromatic N) is 2. The standard InChI is InChI=1S/C13H21N3O2S/c1-15(10-3-2-4-10)19(17,18)13-7-12(8-14)16(9-13)11-5-6-11/h7,9-11H,2-6,8,14H2,1H3. The minimum atomic E-state index is -3.36. The average molecular weight is 283 g/mol. The van der Waals surface area contributed by atoms with Gasteiger partial charge in [-0.3, -0.25) is 0 Å². The summed E-state index contributed by atoms with van der Waals surface area (Å²) >= 11 is 0. The Morgan fingerprint density at radius 2 is 2.05 bits per heavy atom. The van der Waals surface area contributed by atoms with Crippen LogP contribution in [-0.2, 0) is 16.6 Å². The van der Waals surface area contributed by atoms with Crippen LogP contribution >= 0.6 is 0 Å². The zero-order valence-corrected chi connectivity index (χ0v) is 12.1. The van der Waals surface area contributed by atoms with E-state index in [1.165, 1.54) is 4.31 Å². The van der Waals surface area contributed by atoms with E-state index in [2.05, 4.69) is 0 Å². The Kier molecular flexibility index (Phi) is 3.19. The molecular formula is C13H21N3O2S. The first-order valence-corrected chi connectivity index (χ1v) is 8.37. The van der Waals surface area contributed by atoms with Gasteiger partial charge in [0.2, 0.25) is 10.0 Å². The summed E-state index contributed by atoms with van der Waals surface area (Å²) in [6, 6.07) is 2.37. The molecule has 1 aromatic heterocycles. The molecule has 106 valence electrons. The van der Waals surface area contributed by atoms with Gasteiger partial charge in [-0.2, -0.15) is 4.31 Å². The zero-order chi connectivity index (χ0) is 13.6. The molecule has 0 aliphatic heterocycles. The fourth-order valence-electron chi connectivity index (χ4n) is 2.61. The Balaban J connectivity index is 1.91. The highest BCUT2D eigenvalue weighted by Gasteiger charge is 2.34. The highest BCUT2D eigenvalue weighted by atomic mass is 32.2. The molecule has 2 N–H and O–H groups in total. The molecule has 2 saturated carbocycles. The lowest BCUT2D eigenvalue weighted by atomic mass is 9.94. The molecule has 1 heterocycles. The molecule has 2 aliphatic carbocycles. The topological polar surface area (TPSA) is 68.3 Å². The van der Waals surface area contributed by atoms with E-state index in [4.69, 9.17) is 5.73 Å². The van der Waals surface area contributed by atoms with Crippen LogP contribution < -0.4 is 5.73 Å². The van der Waals surface area contributed by atoms with E-state index in [0.717, 1.165) is 37.8 Å². The summed E-state index contributed by atoms with van der Waals surface area (Å²) in [5.41, 5.74) is 6.64. The SMILES string of the molecule is CN(C1CCC1)S(=O)(=O)c1cc(CN)n(C2CC2)c1. The molecular weight excluding hydrogens is 262 g/mol. The molecule has 2 aliphatic rings. The van der Waals surface area contributed by atoms with E-state index in [-0.39, 0.29) is 6.04 Å². The molecule has 3 rings (SSSR count). The first kappa shape index (κ1) is 13.1. The lowest BCUT2D eigenvalue weighted by Crippen LogP contribution is -2.41. The largest absolute Gasteiger partial charge is 0.346 e. The second kappa shape index (κ2) is 4.61. The molecule has 6 heteroatoms. The Bertz CT molecular complexity index is 571. The van der Waals surface area contributed by atoms with Crippen molar-refractivity contribution < 1.29 is 8.42 Å². The van der Waals surface area contributed by atoms with Crippen molar-refractivity contribution in [3.63, 3.8) is 0 Å². The molecule has 0 unspecified atom stereocenters. The predicted octanol–water partition coefficient (Wildman–Crippen LogP) is 1.45. The number of sulfonamides is 1. The van der Waals surface area contributed by atoms with Crippen LogP contribution in [0.15, 0.2) is 17.2 Å². The van der Waals surface area contributed by atoms with Crippen molar-refractivity contribution in [2.24, 2.45) is 5.73 Å². The van der Waals surface area contributed by atoms with Crippen LogP contribution in [0.3, 0.4) is 0 Å². The van der Waals surface area contributed by atoms with Crippen molar-refractivity contribution in [3.8, 4) is 0 Å². The van der Waals surface area contributed by atoms with Crippen molar-refractivity contribution in [3.05, 3.63) is 18.0 Å². The van der Waals surface area contributed by atoms with Crippen molar-refractivity contribution in [1.29, 1.82) is 0 Å². The quantitative estimate of drug-likeness (QED) is 0.889. The van der Waals surface area contributed by atoms with Crippen LogP contribution in [0.4, 0.5) is 0 Å². The number of hydrogen-bond acceptors (Lipinski definition) is 3. The van der Waals surface area contributed by atoms with Crippen molar-refractivity contribution in [2.45, 2.75) is 55.6 Å². The molecule has 1 aromatic rings. The van der Waals surface area contributed by atoms with Gasteiger partial charge in [0.1, 0.15) is 4.90 Å². The fourth-order valence-corrected chi connectivity index (χ4v) is 4.07. The Morgan fingerprint density at radius 1 is 1.37 bits per heavy atom. The second-order valence-corrected chi connectivity index (χ2v) is 7.61. The molecule has 0 saturated heterocycles. The van der Waals surface area contributed by atoms with Gasteiger partial charge in [0.25, 0.3) is 0 Å². The average Bonchev–Trinajstić information content (AvgIpc) is 3.05. The highest BCUT2D eigenvalue weighted by Crippen LogP contribution is 2.38. The molecule has 0 aromatic carbocycles. The Morgan fingerprint density at radius 3 is 2.53 bits per heavy atom.